The normalized spacial score (nSPS) is 25.4. The summed E-state index contributed by atoms with van der Waals surface area (Å²) in [7, 11) is 0. The van der Waals surface area contributed by atoms with Crippen LogP contribution in [0.3, 0.4) is 0 Å². The SMILES string of the molecule is C[C@@H]1CCc2c(sc3ncnc(S[C@H]4CCCCC4=O)c23)C1. The average molecular weight is 332 g/mol. The van der Waals surface area contributed by atoms with Crippen LogP contribution < -0.4 is 0 Å². The van der Waals surface area contributed by atoms with Crippen LogP contribution in [0.2, 0.25) is 0 Å². The average Bonchev–Trinajstić information content (AvgIpc) is 2.88. The molecule has 0 aromatic carbocycles. The van der Waals surface area contributed by atoms with Crippen molar-refractivity contribution in [2.24, 2.45) is 5.92 Å². The van der Waals surface area contributed by atoms with Crippen LogP contribution in [0.25, 0.3) is 10.2 Å². The summed E-state index contributed by atoms with van der Waals surface area (Å²) in [5.41, 5.74) is 1.46. The Labute approximate surface area is 138 Å². The number of aromatic nitrogens is 2. The summed E-state index contributed by atoms with van der Waals surface area (Å²) < 4.78 is 0. The lowest BCUT2D eigenvalue weighted by Crippen LogP contribution is -2.21. The van der Waals surface area contributed by atoms with Gasteiger partial charge in [0, 0.05) is 16.7 Å². The Bertz CT molecular complexity index is 725. The predicted molar refractivity (Wildman–Crippen MR) is 91.7 cm³/mol. The topological polar surface area (TPSA) is 42.9 Å². The predicted octanol–water partition coefficient (Wildman–Crippen LogP) is 4.42. The van der Waals surface area contributed by atoms with Crippen LogP contribution in [0.4, 0.5) is 0 Å². The maximum absolute atomic E-state index is 12.1. The molecule has 0 saturated heterocycles. The molecule has 0 bridgehead atoms. The third-order valence-electron chi connectivity index (χ3n) is 4.81. The molecule has 22 heavy (non-hydrogen) atoms. The Morgan fingerprint density at radius 1 is 1.23 bits per heavy atom. The standard InChI is InChI=1S/C17H20N2OS2/c1-10-6-7-11-14(8-10)22-17-15(11)16(18-9-19-17)21-13-5-3-2-4-12(13)20/h9-10,13H,2-8H2,1H3/t10-,13+/m1/s1. The van der Waals surface area contributed by atoms with Crippen molar-refractivity contribution in [1.82, 2.24) is 9.97 Å². The second-order valence-corrected chi connectivity index (χ2v) is 8.80. The van der Waals surface area contributed by atoms with E-state index in [2.05, 4.69) is 16.9 Å². The van der Waals surface area contributed by atoms with Crippen molar-refractivity contribution >= 4 is 39.1 Å². The smallest absolute Gasteiger partial charge is 0.146 e. The second-order valence-electron chi connectivity index (χ2n) is 6.53. The molecule has 0 radical (unpaired) electrons. The molecule has 2 aliphatic rings. The number of ketones is 1. The van der Waals surface area contributed by atoms with Gasteiger partial charge in [-0.2, -0.15) is 0 Å². The Hall–Kier alpha value is -0.940. The van der Waals surface area contributed by atoms with Gasteiger partial charge in [-0.1, -0.05) is 25.1 Å². The van der Waals surface area contributed by atoms with Crippen molar-refractivity contribution in [1.29, 1.82) is 0 Å². The Morgan fingerprint density at radius 2 is 2.14 bits per heavy atom. The number of thiophene rings is 1. The van der Waals surface area contributed by atoms with E-state index in [1.807, 2.05) is 11.3 Å². The fraction of sp³-hybridized carbons (Fsp3) is 0.588. The number of carbonyl (C=O) groups excluding carboxylic acids is 1. The van der Waals surface area contributed by atoms with E-state index in [0.29, 0.717) is 5.78 Å². The van der Waals surface area contributed by atoms with Gasteiger partial charge in [-0.15, -0.1) is 11.3 Å². The van der Waals surface area contributed by atoms with Gasteiger partial charge in [0.05, 0.1) is 5.25 Å². The molecule has 0 spiro atoms. The molecule has 0 unspecified atom stereocenters. The van der Waals surface area contributed by atoms with Gasteiger partial charge in [0.2, 0.25) is 0 Å². The summed E-state index contributed by atoms with van der Waals surface area (Å²) >= 11 is 3.52. The molecule has 5 heteroatoms. The minimum Gasteiger partial charge on any atom is -0.298 e. The fourth-order valence-electron chi connectivity index (χ4n) is 3.55. The van der Waals surface area contributed by atoms with E-state index in [0.717, 1.165) is 47.9 Å². The zero-order valence-corrected chi connectivity index (χ0v) is 14.4. The molecule has 1 saturated carbocycles. The molecule has 0 amide bonds. The first kappa shape index (κ1) is 14.6. The van der Waals surface area contributed by atoms with E-state index < -0.39 is 0 Å². The number of thioether (sulfide) groups is 1. The Morgan fingerprint density at radius 3 is 3.00 bits per heavy atom. The number of nitrogens with zero attached hydrogens (tertiary/aromatic N) is 2. The first-order valence-corrected chi connectivity index (χ1v) is 9.86. The highest BCUT2D eigenvalue weighted by Gasteiger charge is 2.27. The van der Waals surface area contributed by atoms with Crippen molar-refractivity contribution in [2.75, 3.05) is 0 Å². The number of aryl methyl sites for hydroxylation is 1. The number of hydrogen-bond acceptors (Lipinski definition) is 5. The van der Waals surface area contributed by atoms with Gasteiger partial charge in [-0.3, -0.25) is 4.79 Å². The molecule has 3 nitrogen and oxygen atoms in total. The minimum atomic E-state index is 0.102. The molecule has 1 fully saturated rings. The summed E-state index contributed by atoms with van der Waals surface area (Å²) in [6.07, 6.45) is 9.18. The molecule has 2 aromatic rings. The lowest BCUT2D eigenvalue weighted by Gasteiger charge is -2.21. The van der Waals surface area contributed by atoms with Crippen molar-refractivity contribution < 1.29 is 4.79 Å². The summed E-state index contributed by atoms with van der Waals surface area (Å²) in [5, 5.41) is 2.39. The molecule has 2 atom stereocenters. The number of rotatable bonds is 2. The number of fused-ring (bicyclic) bond motifs is 3. The largest absolute Gasteiger partial charge is 0.298 e. The highest BCUT2D eigenvalue weighted by Crippen LogP contribution is 2.42. The molecule has 0 N–H and O–H groups in total. The van der Waals surface area contributed by atoms with Crippen LogP contribution in [-0.4, -0.2) is 21.0 Å². The fourth-order valence-corrected chi connectivity index (χ4v) is 6.21. The zero-order valence-electron chi connectivity index (χ0n) is 12.8. The van der Waals surface area contributed by atoms with Crippen molar-refractivity contribution in [3.63, 3.8) is 0 Å². The van der Waals surface area contributed by atoms with E-state index in [1.54, 1.807) is 18.1 Å². The zero-order chi connectivity index (χ0) is 15.1. The molecule has 0 aliphatic heterocycles. The highest BCUT2D eigenvalue weighted by atomic mass is 32.2. The third-order valence-corrected chi connectivity index (χ3v) is 7.29. The van der Waals surface area contributed by atoms with Crippen LogP contribution in [0.5, 0.6) is 0 Å². The molecule has 116 valence electrons. The lowest BCUT2D eigenvalue weighted by molar-refractivity contribution is -0.119. The molecular weight excluding hydrogens is 312 g/mol. The summed E-state index contributed by atoms with van der Waals surface area (Å²) in [6, 6.07) is 0. The van der Waals surface area contributed by atoms with Gasteiger partial charge in [0.25, 0.3) is 0 Å². The van der Waals surface area contributed by atoms with Gasteiger partial charge in [-0.05, 0) is 43.6 Å². The maximum Gasteiger partial charge on any atom is 0.146 e. The van der Waals surface area contributed by atoms with Crippen molar-refractivity contribution in [3.05, 3.63) is 16.8 Å². The van der Waals surface area contributed by atoms with Crippen molar-refractivity contribution in [3.8, 4) is 0 Å². The quantitative estimate of drug-likeness (QED) is 0.764. The summed E-state index contributed by atoms with van der Waals surface area (Å²) in [4.78, 5) is 23.8. The first-order chi connectivity index (χ1) is 10.7. The second kappa shape index (κ2) is 5.93. The van der Waals surface area contributed by atoms with Crippen LogP contribution >= 0.6 is 23.1 Å². The minimum absolute atomic E-state index is 0.102. The Balaban J connectivity index is 1.73. The van der Waals surface area contributed by atoms with Gasteiger partial charge in [0.15, 0.2) is 0 Å². The molecule has 2 heterocycles. The van der Waals surface area contributed by atoms with Gasteiger partial charge < -0.3 is 0 Å². The van der Waals surface area contributed by atoms with E-state index in [9.17, 15) is 4.79 Å². The molecule has 2 aromatic heterocycles. The van der Waals surface area contributed by atoms with E-state index in [-0.39, 0.29) is 5.25 Å². The van der Waals surface area contributed by atoms with Gasteiger partial charge in [0.1, 0.15) is 22.0 Å². The van der Waals surface area contributed by atoms with E-state index in [1.165, 1.54) is 28.7 Å². The highest BCUT2D eigenvalue weighted by molar-refractivity contribution is 8.00. The lowest BCUT2D eigenvalue weighted by atomic mass is 9.89. The third kappa shape index (κ3) is 2.58. The maximum atomic E-state index is 12.1. The molecular formula is C17H20N2OS2. The van der Waals surface area contributed by atoms with E-state index >= 15 is 0 Å². The monoisotopic (exact) mass is 332 g/mol. The van der Waals surface area contributed by atoms with Crippen molar-refractivity contribution in [2.45, 2.75) is 62.1 Å². The van der Waals surface area contributed by atoms with Crippen LogP contribution in [0.15, 0.2) is 11.4 Å². The van der Waals surface area contributed by atoms with Crippen LogP contribution in [0, 0.1) is 5.92 Å². The van der Waals surface area contributed by atoms with Gasteiger partial charge in [-0.25, -0.2) is 9.97 Å². The first-order valence-electron chi connectivity index (χ1n) is 8.17. The van der Waals surface area contributed by atoms with Crippen LogP contribution in [-0.2, 0) is 17.6 Å². The van der Waals surface area contributed by atoms with E-state index in [4.69, 9.17) is 0 Å². The number of Topliss-reactive ketones (excluding diaryl/α,β-unsaturated/α-hetero) is 1. The van der Waals surface area contributed by atoms with Gasteiger partial charge >= 0.3 is 0 Å². The molecule has 4 rings (SSSR count). The summed E-state index contributed by atoms with van der Waals surface area (Å²) in [6.45, 7) is 2.33. The number of carbonyl (C=O) groups is 1. The van der Waals surface area contributed by atoms with Crippen LogP contribution in [0.1, 0.15) is 49.5 Å². The Kier molecular flexibility index (Phi) is 3.95. The molecule has 2 aliphatic carbocycles. The number of hydrogen-bond donors (Lipinski definition) is 0. The summed E-state index contributed by atoms with van der Waals surface area (Å²) in [5.74, 6) is 1.17.